The van der Waals surface area contributed by atoms with Gasteiger partial charge in [-0.15, -0.1) is 12.4 Å². The smallest absolute Gasteiger partial charge is 0.224 e. The van der Waals surface area contributed by atoms with E-state index in [9.17, 15) is 4.79 Å². The summed E-state index contributed by atoms with van der Waals surface area (Å²) in [5.74, 6) is 0.369. The van der Waals surface area contributed by atoms with Crippen molar-refractivity contribution in [1.29, 1.82) is 0 Å². The van der Waals surface area contributed by atoms with E-state index in [2.05, 4.69) is 29.2 Å². The molecule has 1 aliphatic heterocycles. The number of carbonyl (C=O) groups is 1. The van der Waals surface area contributed by atoms with Gasteiger partial charge in [-0.25, -0.2) is 0 Å². The summed E-state index contributed by atoms with van der Waals surface area (Å²) >= 11 is 0. The van der Waals surface area contributed by atoms with Crippen LogP contribution in [0.1, 0.15) is 44.9 Å². The van der Waals surface area contributed by atoms with Crippen molar-refractivity contribution in [3.63, 3.8) is 0 Å². The molecule has 1 heterocycles. The first-order valence-electron chi connectivity index (χ1n) is 7.84. The Morgan fingerprint density at radius 3 is 2.35 bits per heavy atom. The fourth-order valence-electron chi connectivity index (χ4n) is 3.29. The summed E-state index contributed by atoms with van der Waals surface area (Å²) in [6.45, 7) is 2.95. The molecule has 2 fully saturated rings. The third-order valence-electron chi connectivity index (χ3n) is 4.46. The van der Waals surface area contributed by atoms with Gasteiger partial charge in [0, 0.05) is 31.6 Å². The number of carbonyl (C=O) groups excluding carboxylic acids is 1. The lowest BCUT2D eigenvalue weighted by Crippen LogP contribution is -2.44. The fourth-order valence-corrected chi connectivity index (χ4v) is 3.29. The molecule has 5 heteroatoms. The van der Waals surface area contributed by atoms with E-state index in [1.165, 1.54) is 32.1 Å². The zero-order chi connectivity index (χ0) is 13.7. The third kappa shape index (κ3) is 5.23. The highest BCUT2D eigenvalue weighted by atomic mass is 35.5. The molecule has 1 atom stereocenters. The van der Waals surface area contributed by atoms with Gasteiger partial charge < -0.3 is 15.1 Å². The molecule has 1 amide bonds. The number of nitrogens with zero attached hydrogens (tertiary/aromatic N) is 2. The molecule has 0 aromatic carbocycles. The quantitative estimate of drug-likeness (QED) is 0.814. The number of hydrogen-bond acceptors (Lipinski definition) is 3. The number of hydrogen-bond donors (Lipinski definition) is 1. The van der Waals surface area contributed by atoms with Gasteiger partial charge in [0.05, 0.1) is 0 Å². The number of likely N-dealkylation sites (N-methyl/N-ethyl adjacent to an activating group) is 1. The normalized spacial score (nSPS) is 23.1. The van der Waals surface area contributed by atoms with E-state index in [0.717, 1.165) is 26.1 Å². The molecule has 0 bridgehead atoms. The van der Waals surface area contributed by atoms with Crippen molar-refractivity contribution in [3.8, 4) is 0 Å². The molecular weight excluding hydrogens is 274 g/mol. The highest BCUT2D eigenvalue weighted by Gasteiger charge is 2.28. The zero-order valence-electron chi connectivity index (χ0n) is 12.9. The minimum absolute atomic E-state index is 0. The van der Waals surface area contributed by atoms with Crippen molar-refractivity contribution in [3.05, 3.63) is 0 Å². The van der Waals surface area contributed by atoms with Crippen LogP contribution < -0.4 is 5.32 Å². The molecule has 0 radical (unpaired) electrons. The average molecular weight is 304 g/mol. The van der Waals surface area contributed by atoms with Crippen LogP contribution in [0.3, 0.4) is 0 Å². The molecule has 0 spiro atoms. The topological polar surface area (TPSA) is 35.6 Å². The van der Waals surface area contributed by atoms with Crippen molar-refractivity contribution in [2.45, 2.75) is 57.0 Å². The monoisotopic (exact) mass is 303 g/mol. The molecule has 118 valence electrons. The molecule has 1 saturated carbocycles. The van der Waals surface area contributed by atoms with E-state index in [0.29, 0.717) is 24.4 Å². The number of rotatable bonds is 6. The van der Waals surface area contributed by atoms with Crippen LogP contribution in [0.5, 0.6) is 0 Å². The van der Waals surface area contributed by atoms with E-state index >= 15 is 0 Å². The minimum atomic E-state index is 0. The third-order valence-corrected chi connectivity index (χ3v) is 4.46. The van der Waals surface area contributed by atoms with Crippen molar-refractivity contribution in [1.82, 2.24) is 15.1 Å². The largest absolute Gasteiger partial charge is 0.338 e. The summed E-state index contributed by atoms with van der Waals surface area (Å²) in [6, 6.07) is 0.935. The molecule has 1 unspecified atom stereocenters. The first-order chi connectivity index (χ1) is 9.16. The molecule has 1 N–H and O–H groups in total. The van der Waals surface area contributed by atoms with Gasteiger partial charge in [-0.1, -0.05) is 12.8 Å². The maximum Gasteiger partial charge on any atom is 0.224 e. The second kappa shape index (κ2) is 8.85. The molecule has 1 aliphatic carbocycles. The summed E-state index contributed by atoms with van der Waals surface area (Å²) in [6.07, 6.45) is 8.08. The van der Waals surface area contributed by atoms with E-state index < -0.39 is 0 Å². The van der Waals surface area contributed by atoms with Crippen LogP contribution in [0.15, 0.2) is 0 Å². The highest BCUT2D eigenvalue weighted by Crippen LogP contribution is 2.24. The zero-order valence-corrected chi connectivity index (χ0v) is 13.8. The predicted molar refractivity (Wildman–Crippen MR) is 85.4 cm³/mol. The molecular formula is C15H30ClN3O. The lowest BCUT2D eigenvalue weighted by molar-refractivity contribution is -0.134. The fraction of sp³-hybridized carbons (Fsp3) is 0.933. The van der Waals surface area contributed by atoms with Crippen LogP contribution in [-0.2, 0) is 4.79 Å². The average Bonchev–Trinajstić information content (AvgIpc) is 3.01. The van der Waals surface area contributed by atoms with Crippen molar-refractivity contribution < 1.29 is 4.79 Å². The van der Waals surface area contributed by atoms with Crippen LogP contribution in [0.25, 0.3) is 0 Å². The Morgan fingerprint density at radius 2 is 1.80 bits per heavy atom. The Bertz CT molecular complexity index is 287. The summed E-state index contributed by atoms with van der Waals surface area (Å²) in [5.41, 5.74) is 0. The van der Waals surface area contributed by atoms with Gasteiger partial charge in [-0.3, -0.25) is 4.79 Å². The predicted octanol–water partition coefficient (Wildman–Crippen LogP) is 1.88. The lowest BCUT2D eigenvalue weighted by atomic mass is 10.1. The van der Waals surface area contributed by atoms with Gasteiger partial charge >= 0.3 is 0 Å². The highest BCUT2D eigenvalue weighted by molar-refractivity contribution is 5.85. The molecule has 0 aromatic heterocycles. The molecule has 2 aliphatic rings. The maximum absolute atomic E-state index is 12.6. The van der Waals surface area contributed by atoms with Gasteiger partial charge in [0.2, 0.25) is 5.91 Å². The second-order valence-electron chi connectivity index (χ2n) is 6.33. The maximum atomic E-state index is 12.6. The Morgan fingerprint density at radius 1 is 1.10 bits per heavy atom. The summed E-state index contributed by atoms with van der Waals surface area (Å²) in [7, 11) is 4.16. The summed E-state index contributed by atoms with van der Waals surface area (Å²) in [4.78, 5) is 16.9. The Hall–Kier alpha value is -0.320. The van der Waals surface area contributed by atoms with Crippen LogP contribution >= 0.6 is 12.4 Å². The Kier molecular flexibility index (Phi) is 7.85. The standard InChI is InChI=1S/C15H29N3O.ClH/c1-17(2)10-11-18(14-7-3-4-8-14)15(19)12-13-6-5-9-16-13;/h13-14,16H,3-12H2,1-2H3;1H. The molecule has 4 nitrogen and oxygen atoms in total. The van der Waals surface area contributed by atoms with Gasteiger partial charge in [0.1, 0.15) is 0 Å². The number of nitrogens with one attached hydrogen (secondary N) is 1. The Balaban J connectivity index is 0.00000200. The van der Waals surface area contributed by atoms with Gasteiger partial charge in [0.15, 0.2) is 0 Å². The summed E-state index contributed by atoms with van der Waals surface area (Å²) < 4.78 is 0. The first-order valence-corrected chi connectivity index (χ1v) is 7.84. The van der Waals surface area contributed by atoms with Crippen molar-refractivity contribution in [2.75, 3.05) is 33.7 Å². The van der Waals surface area contributed by atoms with E-state index in [-0.39, 0.29) is 12.4 Å². The van der Waals surface area contributed by atoms with Crippen molar-refractivity contribution >= 4 is 18.3 Å². The molecule has 20 heavy (non-hydrogen) atoms. The van der Waals surface area contributed by atoms with Gasteiger partial charge in [-0.05, 0) is 46.3 Å². The van der Waals surface area contributed by atoms with E-state index in [1.54, 1.807) is 0 Å². The van der Waals surface area contributed by atoms with Crippen LogP contribution in [0, 0.1) is 0 Å². The molecule has 1 saturated heterocycles. The number of halogens is 1. The number of amides is 1. The van der Waals surface area contributed by atoms with Gasteiger partial charge in [0.25, 0.3) is 0 Å². The van der Waals surface area contributed by atoms with E-state index in [1.807, 2.05) is 0 Å². The van der Waals surface area contributed by atoms with Crippen LogP contribution in [0.4, 0.5) is 0 Å². The van der Waals surface area contributed by atoms with Crippen LogP contribution in [-0.4, -0.2) is 61.5 Å². The van der Waals surface area contributed by atoms with Crippen LogP contribution in [0.2, 0.25) is 0 Å². The minimum Gasteiger partial charge on any atom is -0.338 e. The first kappa shape index (κ1) is 17.7. The van der Waals surface area contributed by atoms with Gasteiger partial charge in [-0.2, -0.15) is 0 Å². The lowest BCUT2D eigenvalue weighted by Gasteiger charge is -2.31. The summed E-state index contributed by atoms with van der Waals surface area (Å²) in [5, 5.41) is 3.44. The molecule has 2 rings (SSSR count). The van der Waals surface area contributed by atoms with Crippen molar-refractivity contribution in [2.24, 2.45) is 0 Å². The molecule has 0 aromatic rings. The second-order valence-corrected chi connectivity index (χ2v) is 6.33. The Labute approximate surface area is 129 Å². The SMILES string of the molecule is CN(C)CCN(C(=O)CC1CCCN1)C1CCCC1.Cl. The van der Waals surface area contributed by atoms with E-state index in [4.69, 9.17) is 0 Å².